The van der Waals surface area contributed by atoms with E-state index in [9.17, 15) is 18.0 Å². The lowest BCUT2D eigenvalue weighted by Crippen LogP contribution is -2.51. The molecule has 2 aromatic carbocycles. The van der Waals surface area contributed by atoms with Crippen molar-refractivity contribution in [3.8, 4) is 0 Å². The monoisotopic (exact) mass is 587 g/mol. The number of nitrogens with one attached hydrogen (secondary N) is 1. The molecule has 0 saturated carbocycles. The van der Waals surface area contributed by atoms with E-state index in [0.717, 1.165) is 30.6 Å². The second-order valence-corrected chi connectivity index (χ2v) is 11.1. The number of halogens is 2. The Morgan fingerprint density at radius 1 is 1.09 bits per heavy atom. The van der Waals surface area contributed by atoms with Gasteiger partial charge in [0.05, 0.1) is 11.9 Å². The minimum absolute atomic E-state index is 0.168. The van der Waals surface area contributed by atoms with Gasteiger partial charge in [-0.25, -0.2) is 8.42 Å². The van der Waals surface area contributed by atoms with Crippen molar-refractivity contribution in [3.63, 3.8) is 0 Å². The number of carbonyl (C=O) groups excluding carboxylic acids is 2. The summed E-state index contributed by atoms with van der Waals surface area (Å²) in [6.07, 6.45) is 1.06. The molecule has 0 radical (unpaired) electrons. The Kier molecular flexibility index (Phi) is 9.29. The number of carbonyl (C=O) groups is 2. The van der Waals surface area contributed by atoms with E-state index >= 15 is 0 Å². The summed E-state index contributed by atoms with van der Waals surface area (Å²) >= 11 is 6.79. The maximum Gasteiger partial charge on any atom is 0.244 e. The highest BCUT2D eigenvalue weighted by Gasteiger charge is 2.30. The SMILES string of the molecule is CCNC(=O)[C@H](C)N(Cc1ccc(Br)cc1)C(=O)CN(c1ccc(Br)c(C)c1)S(C)(=O)=O. The largest absolute Gasteiger partial charge is 0.355 e. The Morgan fingerprint density at radius 3 is 2.25 bits per heavy atom. The zero-order chi connectivity index (χ0) is 24.1. The summed E-state index contributed by atoms with van der Waals surface area (Å²) in [5.74, 6) is -0.777. The molecule has 7 nitrogen and oxygen atoms in total. The predicted octanol–water partition coefficient (Wildman–Crippen LogP) is 3.84. The fraction of sp³-hybridized carbons (Fsp3) is 0.364. The Balaban J connectivity index is 2.39. The molecule has 0 heterocycles. The van der Waals surface area contributed by atoms with Gasteiger partial charge in [-0.15, -0.1) is 0 Å². The van der Waals surface area contributed by atoms with E-state index in [-0.39, 0.29) is 12.5 Å². The highest BCUT2D eigenvalue weighted by atomic mass is 79.9. The van der Waals surface area contributed by atoms with Crippen molar-refractivity contribution in [1.82, 2.24) is 10.2 Å². The summed E-state index contributed by atoms with van der Waals surface area (Å²) in [5, 5.41) is 2.73. The summed E-state index contributed by atoms with van der Waals surface area (Å²) in [6.45, 7) is 5.45. The first-order valence-corrected chi connectivity index (χ1v) is 13.4. The number of anilines is 1. The lowest BCUT2D eigenvalue weighted by molar-refractivity contribution is -0.139. The third-order valence-corrected chi connectivity index (χ3v) is 7.45. The van der Waals surface area contributed by atoms with Crippen molar-refractivity contribution in [3.05, 3.63) is 62.5 Å². The fourth-order valence-electron chi connectivity index (χ4n) is 3.09. The molecule has 0 saturated heterocycles. The lowest BCUT2D eigenvalue weighted by Gasteiger charge is -2.31. The summed E-state index contributed by atoms with van der Waals surface area (Å²) in [4.78, 5) is 27.3. The molecule has 0 spiro atoms. The second kappa shape index (κ2) is 11.3. The molecule has 0 bridgehead atoms. The van der Waals surface area contributed by atoms with Crippen LogP contribution in [0.15, 0.2) is 51.4 Å². The van der Waals surface area contributed by atoms with E-state index in [1.165, 1.54) is 4.90 Å². The predicted molar refractivity (Wildman–Crippen MR) is 134 cm³/mol. The number of rotatable bonds is 9. The number of hydrogen-bond acceptors (Lipinski definition) is 4. The van der Waals surface area contributed by atoms with Crippen LogP contribution in [0.1, 0.15) is 25.0 Å². The first-order valence-electron chi connectivity index (χ1n) is 9.99. The minimum atomic E-state index is -3.75. The van der Waals surface area contributed by atoms with E-state index in [4.69, 9.17) is 0 Å². The summed E-state index contributed by atoms with van der Waals surface area (Å²) < 4.78 is 27.9. The van der Waals surface area contributed by atoms with E-state index in [2.05, 4.69) is 37.2 Å². The molecule has 32 heavy (non-hydrogen) atoms. The van der Waals surface area contributed by atoms with Gasteiger partial charge in [0.2, 0.25) is 21.8 Å². The maximum absolute atomic E-state index is 13.4. The van der Waals surface area contributed by atoms with Gasteiger partial charge in [-0.3, -0.25) is 13.9 Å². The minimum Gasteiger partial charge on any atom is -0.355 e. The smallest absolute Gasteiger partial charge is 0.244 e. The molecule has 0 aromatic heterocycles. The highest BCUT2D eigenvalue weighted by molar-refractivity contribution is 9.10. The van der Waals surface area contributed by atoms with Gasteiger partial charge in [0.15, 0.2) is 0 Å². The van der Waals surface area contributed by atoms with Crippen molar-refractivity contribution in [2.24, 2.45) is 0 Å². The Morgan fingerprint density at radius 2 is 1.72 bits per heavy atom. The maximum atomic E-state index is 13.4. The molecule has 1 N–H and O–H groups in total. The van der Waals surface area contributed by atoms with Crippen LogP contribution in [0.25, 0.3) is 0 Å². The molecule has 0 unspecified atom stereocenters. The zero-order valence-electron chi connectivity index (χ0n) is 18.4. The normalized spacial score (nSPS) is 12.2. The molecular formula is C22H27Br2N3O4S. The standard InChI is InChI=1S/C22H27Br2N3O4S/c1-5-25-22(29)16(3)26(13-17-6-8-18(23)9-7-17)21(28)14-27(32(4,30)31)19-10-11-20(24)15(2)12-19/h6-12,16H,5,13-14H2,1-4H3,(H,25,29)/t16-/m0/s1. The van der Waals surface area contributed by atoms with Gasteiger partial charge in [0, 0.05) is 22.0 Å². The number of hydrogen-bond donors (Lipinski definition) is 1. The van der Waals surface area contributed by atoms with E-state index in [1.807, 2.05) is 31.2 Å². The molecule has 0 aliphatic rings. The highest BCUT2D eigenvalue weighted by Crippen LogP contribution is 2.25. The third-order valence-electron chi connectivity index (χ3n) is 4.89. The molecule has 0 aliphatic heterocycles. The van der Waals surface area contributed by atoms with Gasteiger partial charge in [0.25, 0.3) is 0 Å². The van der Waals surface area contributed by atoms with Crippen molar-refractivity contribution >= 4 is 59.4 Å². The number of likely N-dealkylation sites (N-methyl/N-ethyl adjacent to an activating group) is 1. The van der Waals surface area contributed by atoms with Crippen LogP contribution in [0.3, 0.4) is 0 Å². The number of aryl methyl sites for hydroxylation is 1. The van der Waals surface area contributed by atoms with E-state index < -0.39 is 28.5 Å². The number of amides is 2. The van der Waals surface area contributed by atoms with Crippen LogP contribution < -0.4 is 9.62 Å². The van der Waals surface area contributed by atoms with Crippen LogP contribution in [-0.4, -0.2) is 50.5 Å². The van der Waals surface area contributed by atoms with Gasteiger partial charge < -0.3 is 10.2 Å². The van der Waals surface area contributed by atoms with Crippen LogP contribution in [-0.2, 0) is 26.2 Å². The Hall–Kier alpha value is -1.91. The Bertz CT molecular complexity index is 1080. The molecule has 10 heteroatoms. The molecule has 1 atom stereocenters. The van der Waals surface area contributed by atoms with Gasteiger partial charge in [-0.05, 0) is 62.2 Å². The quantitative estimate of drug-likeness (QED) is 0.482. The molecule has 2 aromatic rings. The Labute approximate surface area is 206 Å². The van der Waals surface area contributed by atoms with Gasteiger partial charge >= 0.3 is 0 Å². The van der Waals surface area contributed by atoms with Gasteiger partial charge in [-0.2, -0.15) is 0 Å². The van der Waals surface area contributed by atoms with Gasteiger partial charge in [0.1, 0.15) is 12.6 Å². The van der Waals surface area contributed by atoms with Crippen molar-refractivity contribution in [2.45, 2.75) is 33.4 Å². The van der Waals surface area contributed by atoms with Crippen LogP contribution in [0, 0.1) is 6.92 Å². The number of nitrogens with zero attached hydrogens (tertiary/aromatic N) is 2. The van der Waals surface area contributed by atoms with Gasteiger partial charge in [-0.1, -0.05) is 44.0 Å². The summed E-state index contributed by atoms with van der Waals surface area (Å²) in [6, 6.07) is 11.7. The number of sulfonamides is 1. The van der Waals surface area contributed by atoms with Crippen LogP contribution in [0.5, 0.6) is 0 Å². The van der Waals surface area contributed by atoms with Crippen LogP contribution >= 0.6 is 31.9 Å². The molecule has 174 valence electrons. The van der Waals surface area contributed by atoms with E-state index in [1.54, 1.807) is 32.0 Å². The molecule has 2 amide bonds. The average molecular weight is 589 g/mol. The third kappa shape index (κ3) is 7.05. The summed E-state index contributed by atoms with van der Waals surface area (Å²) in [5.41, 5.74) is 2.05. The first-order chi connectivity index (χ1) is 14.9. The zero-order valence-corrected chi connectivity index (χ0v) is 22.4. The molecule has 2 rings (SSSR count). The lowest BCUT2D eigenvalue weighted by atomic mass is 10.1. The fourth-order valence-corrected chi connectivity index (χ4v) is 4.44. The topological polar surface area (TPSA) is 86.8 Å². The molecular weight excluding hydrogens is 562 g/mol. The second-order valence-electron chi connectivity index (χ2n) is 7.42. The number of benzene rings is 2. The molecule has 0 fully saturated rings. The van der Waals surface area contributed by atoms with Crippen molar-refractivity contribution < 1.29 is 18.0 Å². The first kappa shape index (κ1) is 26.3. The summed E-state index contributed by atoms with van der Waals surface area (Å²) in [7, 11) is -3.75. The van der Waals surface area contributed by atoms with Crippen LogP contribution in [0.4, 0.5) is 5.69 Å². The van der Waals surface area contributed by atoms with Crippen molar-refractivity contribution in [2.75, 3.05) is 23.7 Å². The van der Waals surface area contributed by atoms with Crippen molar-refractivity contribution in [1.29, 1.82) is 0 Å². The van der Waals surface area contributed by atoms with E-state index in [0.29, 0.717) is 12.2 Å². The average Bonchev–Trinajstić information content (AvgIpc) is 2.72. The van der Waals surface area contributed by atoms with Crippen LogP contribution in [0.2, 0.25) is 0 Å². The molecule has 0 aliphatic carbocycles.